The van der Waals surface area contributed by atoms with E-state index in [0.29, 0.717) is 24.5 Å². The smallest absolute Gasteiger partial charge is 0.243 e. The average Bonchev–Trinajstić information content (AvgIpc) is 3.47. The average molecular weight is 408 g/mol. The predicted octanol–water partition coefficient (Wildman–Crippen LogP) is 2.80. The number of hydrogen-bond donors (Lipinski definition) is 1. The lowest BCUT2D eigenvalue weighted by Gasteiger charge is -2.23. The lowest BCUT2D eigenvalue weighted by atomic mass is 10.1. The Bertz CT molecular complexity index is 1040. The van der Waals surface area contributed by atoms with E-state index in [9.17, 15) is 9.59 Å². The Morgan fingerprint density at radius 2 is 1.87 bits per heavy atom. The number of carbonyl (C=O) groups is 2. The highest BCUT2D eigenvalue weighted by molar-refractivity contribution is 5.88. The van der Waals surface area contributed by atoms with Gasteiger partial charge in [0.05, 0.1) is 18.7 Å². The maximum atomic E-state index is 12.7. The molecule has 1 fully saturated rings. The minimum absolute atomic E-state index is 0.104. The maximum absolute atomic E-state index is 12.7. The van der Waals surface area contributed by atoms with Crippen LogP contribution in [-0.4, -0.2) is 39.6 Å². The predicted molar refractivity (Wildman–Crippen MR) is 108 cm³/mol. The second kappa shape index (κ2) is 8.52. The molecular formula is C22H24N4O4. The van der Waals surface area contributed by atoms with E-state index in [4.69, 9.17) is 9.05 Å². The van der Waals surface area contributed by atoms with Crippen molar-refractivity contribution in [2.24, 2.45) is 0 Å². The molecule has 3 aromatic rings. The summed E-state index contributed by atoms with van der Waals surface area (Å²) >= 11 is 0. The van der Waals surface area contributed by atoms with Crippen LogP contribution in [0.15, 0.2) is 45.4 Å². The van der Waals surface area contributed by atoms with E-state index in [1.54, 1.807) is 17.9 Å². The number of carbonyl (C=O) groups excluding carboxylic acids is 2. The zero-order chi connectivity index (χ0) is 21.1. The normalized spacial score (nSPS) is 16.1. The summed E-state index contributed by atoms with van der Waals surface area (Å²) in [5.74, 6) is 0.744. The van der Waals surface area contributed by atoms with Crippen molar-refractivity contribution in [1.82, 2.24) is 20.5 Å². The Balaban J connectivity index is 1.34. The third kappa shape index (κ3) is 4.42. The Morgan fingerprint density at radius 3 is 2.60 bits per heavy atom. The van der Waals surface area contributed by atoms with Gasteiger partial charge in [-0.25, -0.2) is 0 Å². The van der Waals surface area contributed by atoms with E-state index < -0.39 is 6.04 Å². The van der Waals surface area contributed by atoms with Gasteiger partial charge in [0.1, 0.15) is 17.5 Å². The largest absolute Gasteiger partial charge is 0.361 e. The first kappa shape index (κ1) is 19.9. The van der Waals surface area contributed by atoms with Crippen LogP contribution in [0.1, 0.15) is 35.6 Å². The van der Waals surface area contributed by atoms with Crippen LogP contribution in [0.5, 0.6) is 0 Å². The van der Waals surface area contributed by atoms with Gasteiger partial charge in [0.25, 0.3) is 0 Å². The van der Waals surface area contributed by atoms with Gasteiger partial charge in [-0.15, -0.1) is 0 Å². The number of aromatic nitrogens is 2. The molecule has 0 bridgehead atoms. The number of aryl methyl sites for hydroxylation is 2. The molecule has 30 heavy (non-hydrogen) atoms. The summed E-state index contributed by atoms with van der Waals surface area (Å²) in [6.07, 6.45) is 1.53. The van der Waals surface area contributed by atoms with Gasteiger partial charge in [-0.05, 0) is 26.7 Å². The molecule has 1 unspecified atom stereocenters. The molecule has 1 saturated heterocycles. The van der Waals surface area contributed by atoms with Gasteiger partial charge in [0.2, 0.25) is 11.8 Å². The molecule has 4 rings (SSSR count). The van der Waals surface area contributed by atoms with E-state index in [1.165, 1.54) is 5.56 Å². The van der Waals surface area contributed by atoms with Crippen molar-refractivity contribution in [3.8, 4) is 11.3 Å². The number of rotatable bonds is 6. The minimum Gasteiger partial charge on any atom is -0.361 e. The molecular weight excluding hydrogens is 384 g/mol. The fourth-order valence-electron chi connectivity index (χ4n) is 3.64. The van der Waals surface area contributed by atoms with Crippen molar-refractivity contribution >= 4 is 11.8 Å². The van der Waals surface area contributed by atoms with E-state index in [2.05, 4.69) is 15.6 Å². The number of benzene rings is 1. The number of amides is 2. The van der Waals surface area contributed by atoms with Crippen LogP contribution < -0.4 is 5.32 Å². The molecule has 1 N–H and O–H groups in total. The van der Waals surface area contributed by atoms with Crippen LogP contribution in [0.3, 0.4) is 0 Å². The van der Waals surface area contributed by atoms with Crippen LogP contribution in [0, 0.1) is 13.8 Å². The molecule has 2 aromatic heterocycles. The van der Waals surface area contributed by atoms with Crippen molar-refractivity contribution < 1.29 is 18.6 Å². The van der Waals surface area contributed by atoms with Crippen LogP contribution in [0.25, 0.3) is 11.3 Å². The Labute approximate surface area is 174 Å². The molecule has 0 radical (unpaired) electrons. The van der Waals surface area contributed by atoms with Gasteiger partial charge in [-0.1, -0.05) is 40.1 Å². The Morgan fingerprint density at radius 1 is 1.10 bits per heavy atom. The molecule has 3 heterocycles. The Kier molecular flexibility index (Phi) is 5.65. The van der Waals surface area contributed by atoms with Crippen LogP contribution in [-0.2, 0) is 22.6 Å². The summed E-state index contributed by atoms with van der Waals surface area (Å²) in [5, 5.41) is 10.7. The Hall–Kier alpha value is -3.42. The van der Waals surface area contributed by atoms with Crippen molar-refractivity contribution in [2.45, 2.75) is 45.7 Å². The summed E-state index contributed by atoms with van der Waals surface area (Å²) in [6, 6.07) is 11.0. The summed E-state index contributed by atoms with van der Waals surface area (Å²) in [7, 11) is 0. The van der Waals surface area contributed by atoms with Gasteiger partial charge >= 0.3 is 0 Å². The van der Waals surface area contributed by atoms with Gasteiger partial charge in [0, 0.05) is 24.2 Å². The summed E-state index contributed by atoms with van der Waals surface area (Å²) in [5.41, 5.74) is 3.57. The monoisotopic (exact) mass is 408 g/mol. The third-order valence-electron chi connectivity index (χ3n) is 5.22. The third-order valence-corrected chi connectivity index (χ3v) is 5.22. The van der Waals surface area contributed by atoms with Crippen LogP contribution in [0.2, 0.25) is 0 Å². The van der Waals surface area contributed by atoms with Crippen LogP contribution >= 0.6 is 0 Å². The molecule has 2 amide bonds. The van der Waals surface area contributed by atoms with Crippen LogP contribution in [0.4, 0.5) is 0 Å². The summed E-state index contributed by atoms with van der Waals surface area (Å²) < 4.78 is 10.5. The van der Waals surface area contributed by atoms with Gasteiger partial charge in [0.15, 0.2) is 5.76 Å². The minimum atomic E-state index is -0.485. The van der Waals surface area contributed by atoms with Gasteiger partial charge in [-0.2, -0.15) is 0 Å². The lowest BCUT2D eigenvalue weighted by Crippen LogP contribution is -2.46. The van der Waals surface area contributed by atoms with Crippen molar-refractivity contribution in [1.29, 1.82) is 0 Å². The van der Waals surface area contributed by atoms with E-state index >= 15 is 0 Å². The molecule has 0 saturated carbocycles. The molecule has 156 valence electrons. The lowest BCUT2D eigenvalue weighted by molar-refractivity contribution is -0.138. The van der Waals surface area contributed by atoms with E-state index in [1.807, 2.05) is 37.3 Å². The van der Waals surface area contributed by atoms with E-state index in [0.717, 1.165) is 23.4 Å². The van der Waals surface area contributed by atoms with Crippen molar-refractivity contribution in [3.63, 3.8) is 0 Å². The molecule has 8 nitrogen and oxygen atoms in total. The van der Waals surface area contributed by atoms with Gasteiger partial charge in [-0.3, -0.25) is 9.59 Å². The van der Waals surface area contributed by atoms with Crippen molar-refractivity contribution in [3.05, 3.63) is 59.2 Å². The quantitative estimate of drug-likeness (QED) is 0.673. The summed E-state index contributed by atoms with van der Waals surface area (Å²) in [4.78, 5) is 26.9. The standard InChI is InChI=1S/C22H24N4O4/c1-14-5-7-16(8-6-14)19-11-18(30-25-19)13-23-22(28)20-4-3-9-26(20)21(27)12-17-10-15(2)24-29-17/h5-8,10-11,20H,3-4,9,12-13H2,1-2H3,(H,23,28). The number of likely N-dealkylation sites (tertiary alicyclic amines) is 1. The van der Waals surface area contributed by atoms with E-state index in [-0.39, 0.29) is 24.8 Å². The van der Waals surface area contributed by atoms with Gasteiger partial charge < -0.3 is 19.3 Å². The molecule has 0 spiro atoms. The molecule has 1 aromatic carbocycles. The topological polar surface area (TPSA) is 101 Å². The summed E-state index contributed by atoms with van der Waals surface area (Å²) in [6.45, 7) is 4.61. The SMILES string of the molecule is Cc1ccc(-c2cc(CNC(=O)C3CCCN3C(=O)Cc3cc(C)no3)on2)cc1. The molecule has 1 atom stereocenters. The molecule has 8 heteroatoms. The fraction of sp³-hybridized carbons (Fsp3) is 0.364. The second-order valence-corrected chi connectivity index (χ2v) is 7.62. The first-order valence-corrected chi connectivity index (χ1v) is 10.0. The fourth-order valence-corrected chi connectivity index (χ4v) is 3.64. The highest BCUT2D eigenvalue weighted by atomic mass is 16.5. The highest BCUT2D eigenvalue weighted by Gasteiger charge is 2.34. The maximum Gasteiger partial charge on any atom is 0.243 e. The number of nitrogens with one attached hydrogen (secondary N) is 1. The first-order chi connectivity index (χ1) is 14.5. The number of nitrogens with zero attached hydrogens (tertiary/aromatic N) is 3. The second-order valence-electron chi connectivity index (χ2n) is 7.62. The highest BCUT2D eigenvalue weighted by Crippen LogP contribution is 2.21. The molecule has 1 aliphatic rings. The number of hydrogen-bond acceptors (Lipinski definition) is 6. The first-order valence-electron chi connectivity index (χ1n) is 10.0. The zero-order valence-corrected chi connectivity index (χ0v) is 17.1. The zero-order valence-electron chi connectivity index (χ0n) is 17.1. The molecule has 1 aliphatic heterocycles. The molecule has 0 aliphatic carbocycles. The van der Waals surface area contributed by atoms with Crippen molar-refractivity contribution in [2.75, 3.05) is 6.54 Å².